The van der Waals surface area contributed by atoms with Gasteiger partial charge in [-0.25, -0.2) is 4.79 Å². The van der Waals surface area contributed by atoms with Gasteiger partial charge in [0.1, 0.15) is 0 Å². The van der Waals surface area contributed by atoms with E-state index in [0.29, 0.717) is 11.5 Å². The molecule has 1 amide bonds. The summed E-state index contributed by atoms with van der Waals surface area (Å²) in [6.07, 6.45) is 0.779. The highest BCUT2D eigenvalue weighted by atomic mass is 35.5. The highest BCUT2D eigenvalue weighted by Gasteiger charge is 2.31. The van der Waals surface area contributed by atoms with Crippen LogP contribution in [0, 0.1) is 0 Å². The first-order valence-electron chi connectivity index (χ1n) is 8.44. The minimum atomic E-state index is -0.661. The van der Waals surface area contributed by atoms with Gasteiger partial charge in [-0.1, -0.05) is 29.8 Å². The fraction of sp³-hybridized carbons (Fsp3) is 0.300. The summed E-state index contributed by atoms with van der Waals surface area (Å²) in [5.74, 6) is -0.293. The number of anilines is 1. The molecule has 0 N–H and O–H groups in total. The van der Waals surface area contributed by atoms with Gasteiger partial charge in [-0.3, -0.25) is 4.79 Å². The van der Waals surface area contributed by atoms with Crippen molar-refractivity contribution in [3.63, 3.8) is 0 Å². The predicted octanol–water partition coefficient (Wildman–Crippen LogP) is 3.49. The van der Waals surface area contributed by atoms with E-state index in [1.807, 2.05) is 31.2 Å². The van der Waals surface area contributed by atoms with E-state index >= 15 is 0 Å². The standard InChI is InChI=1S/C20H20ClNO5/c1-12-8-13-6-4-5-7-16(13)22(12)18(23)11-27-20(24)14-9-15(21)19(26-3)17(10-14)25-2/h4-7,9-10,12H,8,11H2,1-3H3/t12-/m0/s1. The Kier molecular flexibility index (Phi) is 5.56. The van der Waals surface area contributed by atoms with E-state index in [0.717, 1.165) is 17.7 Å². The third-order valence-corrected chi connectivity index (χ3v) is 4.75. The van der Waals surface area contributed by atoms with Crippen LogP contribution < -0.4 is 14.4 Å². The number of esters is 1. The SMILES string of the molecule is COc1cc(C(=O)OCC(=O)N2c3ccccc3C[C@@H]2C)cc(Cl)c1OC. The van der Waals surface area contributed by atoms with Gasteiger partial charge in [0, 0.05) is 11.7 Å². The summed E-state index contributed by atoms with van der Waals surface area (Å²) in [5.41, 5.74) is 2.15. The summed E-state index contributed by atoms with van der Waals surface area (Å²) in [4.78, 5) is 26.7. The van der Waals surface area contributed by atoms with Gasteiger partial charge >= 0.3 is 5.97 Å². The van der Waals surface area contributed by atoms with E-state index in [9.17, 15) is 9.59 Å². The number of methoxy groups -OCH3 is 2. The van der Waals surface area contributed by atoms with Crippen molar-refractivity contribution in [1.82, 2.24) is 0 Å². The van der Waals surface area contributed by atoms with Crippen LogP contribution in [0.15, 0.2) is 36.4 Å². The number of fused-ring (bicyclic) bond motifs is 1. The highest BCUT2D eigenvalue weighted by molar-refractivity contribution is 6.32. The molecule has 0 spiro atoms. The average molecular weight is 390 g/mol. The molecule has 2 aromatic rings. The van der Waals surface area contributed by atoms with Crippen molar-refractivity contribution in [2.45, 2.75) is 19.4 Å². The maximum absolute atomic E-state index is 12.6. The molecule has 3 rings (SSSR count). The van der Waals surface area contributed by atoms with Crippen molar-refractivity contribution in [1.29, 1.82) is 0 Å². The van der Waals surface area contributed by atoms with Crippen LogP contribution in [0.3, 0.4) is 0 Å². The van der Waals surface area contributed by atoms with Crippen molar-refractivity contribution in [3.05, 3.63) is 52.5 Å². The van der Waals surface area contributed by atoms with Crippen LogP contribution >= 0.6 is 11.6 Å². The first-order chi connectivity index (χ1) is 13.0. The molecule has 1 atom stereocenters. The molecular weight excluding hydrogens is 370 g/mol. The number of carbonyl (C=O) groups excluding carboxylic acids is 2. The molecule has 2 aromatic carbocycles. The summed E-state index contributed by atoms with van der Waals surface area (Å²) in [7, 11) is 2.90. The van der Waals surface area contributed by atoms with Crippen LogP contribution in [0.2, 0.25) is 5.02 Å². The molecule has 27 heavy (non-hydrogen) atoms. The van der Waals surface area contributed by atoms with E-state index in [-0.39, 0.29) is 29.1 Å². The van der Waals surface area contributed by atoms with Crippen LogP contribution in [-0.2, 0) is 16.0 Å². The molecule has 0 aliphatic carbocycles. The van der Waals surface area contributed by atoms with Gasteiger partial charge in [0.05, 0.1) is 24.8 Å². The Hall–Kier alpha value is -2.73. The monoisotopic (exact) mass is 389 g/mol. The molecule has 0 saturated carbocycles. The quantitative estimate of drug-likeness (QED) is 0.732. The van der Waals surface area contributed by atoms with Crippen molar-refractivity contribution in [2.24, 2.45) is 0 Å². The number of hydrogen-bond acceptors (Lipinski definition) is 5. The number of para-hydroxylation sites is 1. The first kappa shape index (κ1) is 19.0. The lowest BCUT2D eigenvalue weighted by atomic mass is 10.1. The van der Waals surface area contributed by atoms with Crippen LogP contribution in [0.4, 0.5) is 5.69 Å². The summed E-state index contributed by atoms with van der Waals surface area (Å²) in [6, 6.07) is 10.6. The molecule has 7 heteroatoms. The molecule has 6 nitrogen and oxygen atoms in total. The Bertz CT molecular complexity index is 883. The van der Waals surface area contributed by atoms with Crippen LogP contribution in [0.5, 0.6) is 11.5 Å². The van der Waals surface area contributed by atoms with Crippen molar-refractivity contribution >= 4 is 29.2 Å². The van der Waals surface area contributed by atoms with Crippen molar-refractivity contribution in [3.8, 4) is 11.5 Å². The van der Waals surface area contributed by atoms with Crippen LogP contribution in [0.1, 0.15) is 22.8 Å². The van der Waals surface area contributed by atoms with Gasteiger partial charge in [0.15, 0.2) is 18.1 Å². The number of benzene rings is 2. The van der Waals surface area contributed by atoms with E-state index in [1.54, 1.807) is 4.90 Å². The minimum Gasteiger partial charge on any atom is -0.493 e. The lowest BCUT2D eigenvalue weighted by molar-refractivity contribution is -0.122. The van der Waals surface area contributed by atoms with Crippen molar-refractivity contribution < 1.29 is 23.8 Å². The lowest BCUT2D eigenvalue weighted by Gasteiger charge is -2.22. The molecule has 0 unspecified atom stereocenters. The zero-order chi connectivity index (χ0) is 19.6. The topological polar surface area (TPSA) is 65.1 Å². The van der Waals surface area contributed by atoms with E-state index < -0.39 is 5.97 Å². The van der Waals surface area contributed by atoms with Gasteiger partial charge in [0.25, 0.3) is 5.91 Å². The van der Waals surface area contributed by atoms with Gasteiger partial charge in [0.2, 0.25) is 0 Å². The number of halogens is 1. The molecule has 0 bridgehead atoms. The fourth-order valence-corrected chi connectivity index (χ4v) is 3.55. The van der Waals surface area contributed by atoms with Crippen molar-refractivity contribution in [2.75, 3.05) is 25.7 Å². The van der Waals surface area contributed by atoms with E-state index in [2.05, 4.69) is 0 Å². The Labute approximate surface area is 162 Å². The molecule has 0 aromatic heterocycles. The fourth-order valence-electron chi connectivity index (χ4n) is 3.26. The van der Waals surface area contributed by atoms with E-state index in [1.165, 1.54) is 26.4 Å². The Morgan fingerprint density at radius 2 is 1.93 bits per heavy atom. The molecule has 1 aliphatic heterocycles. The molecule has 1 aliphatic rings. The maximum Gasteiger partial charge on any atom is 0.338 e. The van der Waals surface area contributed by atoms with Gasteiger partial charge < -0.3 is 19.1 Å². The molecular formula is C20H20ClNO5. The Balaban J connectivity index is 1.71. The van der Waals surface area contributed by atoms with Gasteiger partial charge in [-0.05, 0) is 37.1 Å². The number of hydrogen-bond donors (Lipinski definition) is 0. The molecule has 1 heterocycles. The number of rotatable bonds is 5. The predicted molar refractivity (Wildman–Crippen MR) is 102 cm³/mol. The normalized spacial score (nSPS) is 15.3. The summed E-state index contributed by atoms with van der Waals surface area (Å²) in [5, 5.41) is 0.220. The smallest absolute Gasteiger partial charge is 0.338 e. The zero-order valence-electron chi connectivity index (χ0n) is 15.3. The lowest BCUT2D eigenvalue weighted by Crippen LogP contribution is -2.38. The number of carbonyl (C=O) groups is 2. The minimum absolute atomic E-state index is 0.0177. The molecule has 0 radical (unpaired) electrons. The Morgan fingerprint density at radius 1 is 1.19 bits per heavy atom. The third kappa shape index (κ3) is 3.71. The first-order valence-corrected chi connectivity index (χ1v) is 8.82. The molecule has 142 valence electrons. The third-order valence-electron chi connectivity index (χ3n) is 4.47. The molecule has 0 fully saturated rings. The Morgan fingerprint density at radius 3 is 2.63 bits per heavy atom. The number of amides is 1. The van der Waals surface area contributed by atoms with E-state index in [4.69, 9.17) is 25.8 Å². The second-order valence-corrected chi connectivity index (χ2v) is 6.62. The summed E-state index contributed by atoms with van der Waals surface area (Å²) in [6.45, 7) is 1.61. The number of ether oxygens (including phenoxy) is 3. The summed E-state index contributed by atoms with van der Waals surface area (Å²) < 4.78 is 15.5. The van der Waals surface area contributed by atoms with Crippen LogP contribution in [0.25, 0.3) is 0 Å². The number of nitrogens with zero attached hydrogens (tertiary/aromatic N) is 1. The maximum atomic E-state index is 12.6. The second-order valence-electron chi connectivity index (χ2n) is 6.22. The largest absolute Gasteiger partial charge is 0.493 e. The molecule has 0 saturated heterocycles. The average Bonchev–Trinajstić information content (AvgIpc) is 3.00. The second kappa shape index (κ2) is 7.88. The summed E-state index contributed by atoms with van der Waals surface area (Å²) >= 11 is 6.11. The zero-order valence-corrected chi connectivity index (χ0v) is 16.1. The van der Waals surface area contributed by atoms with Gasteiger partial charge in [-0.15, -0.1) is 0 Å². The highest BCUT2D eigenvalue weighted by Crippen LogP contribution is 2.36. The van der Waals surface area contributed by atoms with Gasteiger partial charge in [-0.2, -0.15) is 0 Å². The van der Waals surface area contributed by atoms with Crippen LogP contribution in [-0.4, -0.2) is 38.7 Å².